The SMILES string of the molecule is C=CCN1C(=O)C(=Cc2cccc(OC)c2OCCCOc2ccc(C(C)(C)C)cc2)SC1=S. The first kappa shape index (κ1) is 25.8. The molecule has 0 unspecified atom stereocenters. The maximum Gasteiger partial charge on any atom is 0.266 e. The minimum Gasteiger partial charge on any atom is -0.493 e. The molecule has 0 aliphatic carbocycles. The van der Waals surface area contributed by atoms with Gasteiger partial charge in [-0.3, -0.25) is 9.69 Å². The van der Waals surface area contributed by atoms with Crippen LogP contribution in [0.4, 0.5) is 0 Å². The van der Waals surface area contributed by atoms with Crippen LogP contribution in [-0.2, 0) is 10.2 Å². The maximum absolute atomic E-state index is 12.7. The lowest BCUT2D eigenvalue weighted by Crippen LogP contribution is -2.27. The van der Waals surface area contributed by atoms with Gasteiger partial charge in [-0.2, -0.15) is 0 Å². The number of amides is 1. The van der Waals surface area contributed by atoms with Crippen LogP contribution in [0.2, 0.25) is 0 Å². The van der Waals surface area contributed by atoms with Crippen LogP contribution in [-0.4, -0.2) is 42.0 Å². The van der Waals surface area contributed by atoms with Gasteiger partial charge >= 0.3 is 0 Å². The fourth-order valence-corrected chi connectivity index (χ4v) is 4.63. The zero-order valence-corrected chi connectivity index (χ0v) is 21.8. The highest BCUT2D eigenvalue weighted by Gasteiger charge is 2.31. The lowest BCUT2D eigenvalue weighted by molar-refractivity contribution is -0.121. The van der Waals surface area contributed by atoms with E-state index in [0.29, 0.717) is 46.9 Å². The van der Waals surface area contributed by atoms with Crippen molar-refractivity contribution in [1.82, 2.24) is 4.90 Å². The van der Waals surface area contributed by atoms with Gasteiger partial charge in [0.05, 0.1) is 25.2 Å². The van der Waals surface area contributed by atoms with E-state index >= 15 is 0 Å². The standard InChI is InChI=1S/C27H31NO4S2/c1-6-15-28-25(29)23(34-26(28)33)18-19-9-7-10-22(30-5)24(19)32-17-8-16-31-21-13-11-20(12-14-21)27(2,3)4/h6-7,9-14,18H,1,8,15-17H2,2-5H3. The van der Waals surface area contributed by atoms with E-state index in [4.69, 9.17) is 26.4 Å². The molecular formula is C27H31NO4S2. The number of ether oxygens (including phenoxy) is 3. The monoisotopic (exact) mass is 497 g/mol. The number of para-hydroxylation sites is 1. The van der Waals surface area contributed by atoms with Crippen molar-refractivity contribution in [2.75, 3.05) is 26.9 Å². The molecule has 0 bridgehead atoms. The van der Waals surface area contributed by atoms with Crippen LogP contribution in [0, 0.1) is 0 Å². The van der Waals surface area contributed by atoms with E-state index in [1.54, 1.807) is 19.3 Å². The fraction of sp³-hybridized carbons (Fsp3) is 0.333. The highest BCUT2D eigenvalue weighted by Crippen LogP contribution is 2.37. The lowest BCUT2D eigenvalue weighted by atomic mass is 9.87. The number of rotatable bonds is 10. The van der Waals surface area contributed by atoms with Crippen LogP contribution >= 0.6 is 24.0 Å². The number of thiocarbonyl (C=S) groups is 1. The molecule has 1 heterocycles. The molecule has 1 aliphatic rings. The molecule has 0 atom stereocenters. The Morgan fingerprint density at radius 3 is 2.44 bits per heavy atom. The van der Waals surface area contributed by atoms with E-state index in [1.165, 1.54) is 22.2 Å². The molecule has 0 N–H and O–H groups in total. The summed E-state index contributed by atoms with van der Waals surface area (Å²) in [6, 6.07) is 13.8. The second-order valence-corrected chi connectivity index (χ2v) is 10.5. The fourth-order valence-electron chi connectivity index (χ4n) is 3.36. The van der Waals surface area contributed by atoms with E-state index in [0.717, 1.165) is 11.3 Å². The minimum atomic E-state index is -0.130. The molecule has 1 aliphatic heterocycles. The third kappa shape index (κ3) is 6.42. The highest BCUT2D eigenvalue weighted by atomic mass is 32.2. The van der Waals surface area contributed by atoms with E-state index in [2.05, 4.69) is 39.5 Å². The summed E-state index contributed by atoms with van der Waals surface area (Å²) >= 11 is 6.61. The van der Waals surface area contributed by atoms with Crippen molar-refractivity contribution < 1.29 is 19.0 Å². The summed E-state index contributed by atoms with van der Waals surface area (Å²) in [4.78, 5) is 14.8. The summed E-state index contributed by atoms with van der Waals surface area (Å²) < 4.78 is 18.0. The van der Waals surface area contributed by atoms with Crippen molar-refractivity contribution >= 4 is 40.3 Å². The van der Waals surface area contributed by atoms with E-state index in [-0.39, 0.29) is 11.3 Å². The number of thioether (sulfide) groups is 1. The summed E-state index contributed by atoms with van der Waals surface area (Å²) in [5.74, 6) is 1.91. The topological polar surface area (TPSA) is 48.0 Å². The molecule has 0 saturated carbocycles. The van der Waals surface area contributed by atoms with E-state index < -0.39 is 0 Å². The van der Waals surface area contributed by atoms with Gasteiger partial charge in [-0.15, -0.1) is 6.58 Å². The molecule has 34 heavy (non-hydrogen) atoms. The van der Waals surface area contributed by atoms with Crippen LogP contribution in [0.1, 0.15) is 38.3 Å². The number of methoxy groups -OCH3 is 1. The molecule has 7 heteroatoms. The average molecular weight is 498 g/mol. The van der Waals surface area contributed by atoms with Crippen LogP contribution in [0.15, 0.2) is 60.0 Å². The Morgan fingerprint density at radius 1 is 1.09 bits per heavy atom. The predicted octanol–water partition coefficient (Wildman–Crippen LogP) is 6.23. The Bertz CT molecular complexity index is 1070. The van der Waals surface area contributed by atoms with Gasteiger partial charge in [-0.1, -0.05) is 75.1 Å². The summed E-state index contributed by atoms with van der Waals surface area (Å²) in [7, 11) is 1.60. The molecule has 180 valence electrons. The lowest BCUT2D eigenvalue weighted by Gasteiger charge is -2.19. The number of nitrogens with zero attached hydrogens (tertiary/aromatic N) is 1. The first-order valence-corrected chi connectivity index (χ1v) is 12.4. The van der Waals surface area contributed by atoms with Crippen molar-refractivity contribution in [3.63, 3.8) is 0 Å². The van der Waals surface area contributed by atoms with Crippen molar-refractivity contribution in [3.05, 3.63) is 71.2 Å². The molecule has 2 aromatic rings. The Morgan fingerprint density at radius 2 is 1.79 bits per heavy atom. The zero-order chi connectivity index (χ0) is 24.7. The Hall–Kier alpha value is -2.77. The van der Waals surface area contributed by atoms with Gasteiger partial charge in [0.25, 0.3) is 5.91 Å². The molecule has 0 spiro atoms. The first-order chi connectivity index (χ1) is 16.2. The number of carbonyl (C=O) groups is 1. The molecule has 1 amide bonds. The average Bonchev–Trinajstić information content (AvgIpc) is 3.07. The molecule has 1 fully saturated rings. The van der Waals surface area contributed by atoms with E-state index in [9.17, 15) is 4.79 Å². The second kappa shape index (κ2) is 11.6. The maximum atomic E-state index is 12.7. The minimum absolute atomic E-state index is 0.116. The Balaban J connectivity index is 1.62. The molecule has 1 saturated heterocycles. The quantitative estimate of drug-likeness (QED) is 0.168. The highest BCUT2D eigenvalue weighted by molar-refractivity contribution is 8.26. The molecule has 0 radical (unpaired) electrons. The first-order valence-electron chi connectivity index (χ1n) is 11.1. The predicted molar refractivity (Wildman–Crippen MR) is 144 cm³/mol. The van der Waals surface area contributed by atoms with Crippen LogP contribution in [0.3, 0.4) is 0 Å². The number of hydrogen-bond acceptors (Lipinski definition) is 6. The largest absolute Gasteiger partial charge is 0.493 e. The van der Waals surface area contributed by atoms with Crippen LogP contribution in [0.5, 0.6) is 17.2 Å². The number of carbonyl (C=O) groups excluding carboxylic acids is 1. The Kier molecular flexibility index (Phi) is 8.80. The summed E-state index contributed by atoms with van der Waals surface area (Å²) in [5, 5.41) is 0. The normalized spacial score (nSPS) is 15.1. The van der Waals surface area contributed by atoms with Gasteiger partial charge in [0, 0.05) is 18.5 Å². The van der Waals surface area contributed by atoms with Crippen molar-refractivity contribution in [2.45, 2.75) is 32.6 Å². The van der Waals surface area contributed by atoms with Gasteiger partial charge in [0.2, 0.25) is 0 Å². The smallest absolute Gasteiger partial charge is 0.266 e. The summed E-state index contributed by atoms with van der Waals surface area (Å²) in [5.41, 5.74) is 2.15. The van der Waals surface area contributed by atoms with Crippen molar-refractivity contribution in [2.24, 2.45) is 0 Å². The van der Waals surface area contributed by atoms with Gasteiger partial charge in [-0.25, -0.2) is 0 Å². The van der Waals surface area contributed by atoms with Gasteiger partial charge in [0.15, 0.2) is 11.5 Å². The van der Waals surface area contributed by atoms with Crippen LogP contribution in [0.25, 0.3) is 6.08 Å². The molecule has 0 aromatic heterocycles. The summed E-state index contributed by atoms with van der Waals surface area (Å²) in [6.07, 6.45) is 4.16. The molecular weight excluding hydrogens is 466 g/mol. The third-order valence-electron chi connectivity index (χ3n) is 5.23. The Labute approximate surface area is 211 Å². The van der Waals surface area contributed by atoms with Gasteiger partial charge < -0.3 is 14.2 Å². The van der Waals surface area contributed by atoms with Crippen molar-refractivity contribution in [3.8, 4) is 17.2 Å². The second-order valence-electron chi connectivity index (χ2n) is 8.78. The molecule has 5 nitrogen and oxygen atoms in total. The molecule has 3 rings (SSSR count). The summed E-state index contributed by atoms with van der Waals surface area (Å²) in [6.45, 7) is 11.6. The van der Waals surface area contributed by atoms with Crippen LogP contribution < -0.4 is 14.2 Å². The zero-order valence-electron chi connectivity index (χ0n) is 20.1. The number of benzene rings is 2. The molecule has 2 aromatic carbocycles. The van der Waals surface area contributed by atoms with Gasteiger partial charge in [-0.05, 0) is 35.3 Å². The van der Waals surface area contributed by atoms with Gasteiger partial charge in [0.1, 0.15) is 10.1 Å². The van der Waals surface area contributed by atoms with E-state index in [1.807, 2.05) is 30.3 Å². The van der Waals surface area contributed by atoms with Crippen molar-refractivity contribution in [1.29, 1.82) is 0 Å². The third-order valence-corrected chi connectivity index (χ3v) is 6.60. The number of hydrogen-bond donors (Lipinski definition) is 0.